The van der Waals surface area contributed by atoms with E-state index in [1.165, 1.54) is 244 Å². The van der Waals surface area contributed by atoms with Gasteiger partial charge in [0.1, 0.15) is 19.3 Å². The normalized spacial score (nSPS) is 13.8. The Balaban J connectivity index is 5.04. The Labute approximate surface area is 491 Å². The van der Waals surface area contributed by atoms with Crippen LogP contribution in [0.2, 0.25) is 0 Å². The van der Waals surface area contributed by atoms with Crippen LogP contribution in [0, 0.1) is 0 Å². The fourth-order valence-electron chi connectivity index (χ4n) is 10.3. The number of likely N-dealkylation sites (N-methyl/N-ethyl adjacent to an activating group) is 1. The van der Waals surface area contributed by atoms with Crippen LogP contribution in [-0.2, 0) is 27.9 Å². The fourth-order valence-corrected chi connectivity index (χ4v) is 11.0. The molecule has 1 N–H and O–H groups in total. The highest BCUT2D eigenvalue weighted by molar-refractivity contribution is 7.45. The summed E-state index contributed by atoms with van der Waals surface area (Å²) >= 11 is 0. The van der Waals surface area contributed by atoms with Crippen molar-refractivity contribution < 1.29 is 37.3 Å². The number of unbranched alkanes of at least 4 members (excludes halogenated alkanes) is 43. The number of nitrogens with one attached hydrogen (secondary N) is 1. The van der Waals surface area contributed by atoms with E-state index >= 15 is 0 Å². The second kappa shape index (κ2) is 59.4. The molecule has 3 atom stereocenters. The van der Waals surface area contributed by atoms with Gasteiger partial charge in [0.25, 0.3) is 7.82 Å². The maximum Gasteiger partial charge on any atom is 0.306 e. The first kappa shape index (κ1) is 77.2. The summed E-state index contributed by atoms with van der Waals surface area (Å²) in [6, 6.07) is -0.884. The Morgan fingerprint density at radius 1 is 0.443 bits per heavy atom. The van der Waals surface area contributed by atoms with Crippen LogP contribution in [-0.4, -0.2) is 69.4 Å². The lowest BCUT2D eigenvalue weighted by Gasteiger charge is -2.30. The molecule has 0 aromatic rings. The molecule has 0 heterocycles. The van der Waals surface area contributed by atoms with Gasteiger partial charge in [0, 0.05) is 12.8 Å². The van der Waals surface area contributed by atoms with Gasteiger partial charge in [-0.2, -0.15) is 0 Å². The predicted molar refractivity (Wildman–Crippen MR) is 340 cm³/mol. The third-order valence-corrected chi connectivity index (χ3v) is 16.5. The van der Waals surface area contributed by atoms with E-state index < -0.39 is 20.0 Å². The molecule has 3 unspecified atom stereocenters. The van der Waals surface area contributed by atoms with Gasteiger partial charge < -0.3 is 28.5 Å². The molecule has 1 amide bonds. The molecule has 0 fully saturated rings. The average Bonchev–Trinajstić information content (AvgIpc) is 3.41. The Morgan fingerprint density at radius 3 is 1.16 bits per heavy atom. The number of nitrogens with zero attached hydrogens (tertiary/aromatic N) is 1. The van der Waals surface area contributed by atoms with Gasteiger partial charge in [-0.15, -0.1) is 0 Å². The molecule has 0 rings (SSSR count). The number of phosphoric ester groups is 1. The van der Waals surface area contributed by atoms with Gasteiger partial charge >= 0.3 is 5.97 Å². The summed E-state index contributed by atoms with van der Waals surface area (Å²) in [6.07, 6.45) is 72.6. The highest BCUT2D eigenvalue weighted by Crippen LogP contribution is 2.38. The topological polar surface area (TPSA) is 114 Å². The van der Waals surface area contributed by atoms with E-state index in [2.05, 4.69) is 50.4 Å². The van der Waals surface area contributed by atoms with Gasteiger partial charge in [0.05, 0.1) is 33.8 Å². The zero-order valence-electron chi connectivity index (χ0n) is 53.3. The van der Waals surface area contributed by atoms with Crippen molar-refractivity contribution in [3.05, 3.63) is 36.5 Å². The van der Waals surface area contributed by atoms with Crippen molar-refractivity contribution in [1.82, 2.24) is 5.32 Å². The SMILES string of the molecule is CCCCC/C=C\C/C=C\CCCCCCCCCCCCCCCC(=O)NC(COP(=O)([O-])OCC[N+](C)(C)C)C(/C=C/CCCCCCCCCCC)OC(=O)CCCCCCCCCCCCCCCCCCCCC. The second-order valence-electron chi connectivity index (χ2n) is 24.7. The summed E-state index contributed by atoms with van der Waals surface area (Å²) in [7, 11) is 1.20. The largest absolute Gasteiger partial charge is 0.756 e. The zero-order valence-corrected chi connectivity index (χ0v) is 54.2. The van der Waals surface area contributed by atoms with Crippen LogP contribution in [0.5, 0.6) is 0 Å². The maximum atomic E-state index is 13.6. The van der Waals surface area contributed by atoms with E-state index in [9.17, 15) is 19.0 Å². The molecule has 0 aliphatic heterocycles. The Hall–Kier alpha value is -1.77. The molecule has 0 aliphatic carbocycles. The van der Waals surface area contributed by atoms with Gasteiger partial charge in [-0.3, -0.25) is 14.2 Å². The number of ether oxygens (including phenoxy) is 1. The first-order chi connectivity index (χ1) is 38.4. The van der Waals surface area contributed by atoms with Crippen molar-refractivity contribution in [2.75, 3.05) is 40.9 Å². The third-order valence-electron chi connectivity index (χ3n) is 15.6. The maximum absolute atomic E-state index is 13.6. The number of rotatable bonds is 63. The van der Waals surface area contributed by atoms with Crippen molar-refractivity contribution in [2.45, 2.75) is 354 Å². The highest BCUT2D eigenvalue weighted by Gasteiger charge is 2.27. The van der Waals surface area contributed by atoms with E-state index in [1.54, 1.807) is 0 Å². The third kappa shape index (κ3) is 60.6. The Morgan fingerprint density at radius 2 is 0.772 bits per heavy atom. The number of carbonyl (C=O) groups is 2. The molecule has 0 aliphatic rings. The van der Waals surface area contributed by atoms with Crippen molar-refractivity contribution in [3.63, 3.8) is 0 Å². The van der Waals surface area contributed by atoms with Gasteiger partial charge in [0.15, 0.2) is 0 Å². The quantitative estimate of drug-likeness (QED) is 0.0212. The smallest absolute Gasteiger partial charge is 0.306 e. The molecule has 0 saturated carbocycles. The molecule has 0 radical (unpaired) electrons. The lowest BCUT2D eigenvalue weighted by atomic mass is 10.0. The standard InChI is InChI=1S/C69H133N2O7P/c1-7-10-13-16-19-22-25-27-29-31-33-34-35-36-38-39-41-43-46-49-52-55-58-61-68(72)70-66(65-77-79(74,75)76-64-63-71(4,5)6)67(60-57-54-51-48-45-24-21-18-15-12-9-3)78-69(73)62-59-56-53-50-47-44-42-40-37-32-30-28-26-23-20-17-14-11-8-2/h19,22,27,29,57,60,66-67H,7-18,20-21,23-26,28,30-56,58-59,61-65H2,1-6H3,(H-,70,72,74,75)/b22-19-,29-27-,60-57+. The molecule has 0 aromatic heterocycles. The number of esters is 1. The van der Waals surface area contributed by atoms with Gasteiger partial charge in [-0.1, -0.05) is 302 Å². The van der Waals surface area contributed by atoms with Gasteiger partial charge in [-0.05, 0) is 63.9 Å². The minimum atomic E-state index is -4.70. The van der Waals surface area contributed by atoms with Crippen LogP contribution in [0.15, 0.2) is 36.5 Å². The predicted octanol–water partition coefficient (Wildman–Crippen LogP) is 20.8. The Kier molecular flexibility index (Phi) is 58.1. The van der Waals surface area contributed by atoms with Crippen LogP contribution in [0.4, 0.5) is 0 Å². The van der Waals surface area contributed by atoms with Crippen molar-refractivity contribution in [3.8, 4) is 0 Å². The van der Waals surface area contributed by atoms with Crippen LogP contribution < -0.4 is 10.2 Å². The summed E-state index contributed by atoms with van der Waals surface area (Å²) in [4.78, 5) is 40.1. The number of hydrogen-bond donors (Lipinski definition) is 1. The molecule has 0 aromatic carbocycles. The molecule has 9 nitrogen and oxygen atoms in total. The van der Waals surface area contributed by atoms with E-state index in [4.69, 9.17) is 13.8 Å². The lowest BCUT2D eigenvalue weighted by Crippen LogP contribution is -2.47. The summed E-state index contributed by atoms with van der Waals surface area (Å²) < 4.78 is 30.4. The number of phosphoric acid groups is 1. The molecule has 466 valence electrons. The number of quaternary nitrogens is 1. The van der Waals surface area contributed by atoms with Crippen molar-refractivity contribution in [2.24, 2.45) is 0 Å². The minimum absolute atomic E-state index is 0.0195. The zero-order chi connectivity index (χ0) is 57.9. The van der Waals surface area contributed by atoms with Gasteiger partial charge in [-0.25, -0.2) is 0 Å². The number of amides is 1. The van der Waals surface area contributed by atoms with E-state index in [0.29, 0.717) is 17.4 Å². The Bertz CT molecular complexity index is 1450. The van der Waals surface area contributed by atoms with E-state index in [0.717, 1.165) is 64.2 Å². The minimum Gasteiger partial charge on any atom is -0.756 e. The average molecular weight is 1130 g/mol. The molecular weight excluding hydrogens is 1000 g/mol. The fraction of sp³-hybridized carbons (Fsp3) is 0.884. The molecule has 0 saturated heterocycles. The van der Waals surface area contributed by atoms with Crippen LogP contribution in [0.25, 0.3) is 0 Å². The summed E-state index contributed by atoms with van der Waals surface area (Å²) in [5.74, 6) is -0.524. The second-order valence-corrected chi connectivity index (χ2v) is 26.1. The van der Waals surface area contributed by atoms with Crippen molar-refractivity contribution in [1.29, 1.82) is 0 Å². The van der Waals surface area contributed by atoms with Crippen LogP contribution >= 0.6 is 7.82 Å². The van der Waals surface area contributed by atoms with Crippen LogP contribution in [0.3, 0.4) is 0 Å². The molecule has 0 spiro atoms. The summed E-state index contributed by atoms with van der Waals surface area (Å²) in [5.41, 5.74) is 0. The monoisotopic (exact) mass is 1130 g/mol. The van der Waals surface area contributed by atoms with E-state index in [1.807, 2.05) is 33.3 Å². The first-order valence-electron chi connectivity index (χ1n) is 34.3. The first-order valence-corrected chi connectivity index (χ1v) is 35.8. The van der Waals surface area contributed by atoms with Crippen molar-refractivity contribution >= 4 is 19.7 Å². The van der Waals surface area contributed by atoms with Gasteiger partial charge in [0.2, 0.25) is 5.91 Å². The number of hydrogen-bond acceptors (Lipinski definition) is 7. The summed E-state index contributed by atoms with van der Waals surface area (Å²) in [6.45, 7) is 6.87. The van der Waals surface area contributed by atoms with E-state index in [-0.39, 0.29) is 31.5 Å². The number of carbonyl (C=O) groups excluding carboxylic acids is 2. The molecular formula is C69H133N2O7P. The molecule has 79 heavy (non-hydrogen) atoms. The summed E-state index contributed by atoms with van der Waals surface area (Å²) in [5, 5.41) is 3.04. The number of allylic oxidation sites excluding steroid dienone is 5. The lowest BCUT2D eigenvalue weighted by molar-refractivity contribution is -0.870. The highest BCUT2D eigenvalue weighted by atomic mass is 31.2. The molecule has 0 bridgehead atoms. The van der Waals surface area contributed by atoms with Crippen LogP contribution in [0.1, 0.15) is 342 Å². The molecule has 10 heteroatoms.